The molecule has 1 aromatic carbocycles. The van der Waals surface area contributed by atoms with Gasteiger partial charge in [-0.05, 0) is 37.5 Å². The van der Waals surface area contributed by atoms with Gasteiger partial charge in [0.05, 0.1) is 6.04 Å². The van der Waals surface area contributed by atoms with Crippen molar-refractivity contribution in [3.05, 3.63) is 35.6 Å². The van der Waals surface area contributed by atoms with Crippen LogP contribution in [0.15, 0.2) is 24.3 Å². The number of carbonyl (C=O) groups is 2. The molecule has 0 aromatic heterocycles. The largest absolute Gasteiger partial charge is 0.343 e. The van der Waals surface area contributed by atoms with Gasteiger partial charge in [-0.1, -0.05) is 26.0 Å². The van der Waals surface area contributed by atoms with Crippen LogP contribution in [0.4, 0.5) is 4.39 Å². The number of hydrogen-bond acceptors (Lipinski definition) is 2. The van der Waals surface area contributed by atoms with Gasteiger partial charge in [-0.25, -0.2) is 4.39 Å². The summed E-state index contributed by atoms with van der Waals surface area (Å²) in [5.41, 5.74) is 0.817. The number of nitrogens with one attached hydrogen (secondary N) is 1. The first-order valence-electron chi connectivity index (χ1n) is 7.21. The number of hydrogen-bond donors (Lipinski definition) is 1. The average molecular weight is 292 g/mol. The summed E-state index contributed by atoms with van der Waals surface area (Å²) in [4.78, 5) is 26.4. The van der Waals surface area contributed by atoms with Crippen LogP contribution in [-0.2, 0) is 9.59 Å². The minimum Gasteiger partial charge on any atom is -0.343 e. The Balaban J connectivity index is 2.37. The van der Waals surface area contributed by atoms with Crippen molar-refractivity contribution in [3.63, 3.8) is 0 Å². The van der Waals surface area contributed by atoms with Gasteiger partial charge in [0, 0.05) is 0 Å². The molecular formula is C16H21FN2O2. The van der Waals surface area contributed by atoms with E-state index in [1.54, 1.807) is 24.0 Å². The van der Waals surface area contributed by atoms with Gasteiger partial charge in [0.15, 0.2) is 0 Å². The second-order valence-corrected chi connectivity index (χ2v) is 5.89. The SMILES string of the molecule is CC1NC(=O)C(C(C)C)N(C(C)c2ccc(F)cc2)C1=O. The summed E-state index contributed by atoms with van der Waals surface area (Å²) in [6.45, 7) is 7.38. The van der Waals surface area contributed by atoms with Crippen molar-refractivity contribution in [2.45, 2.75) is 45.8 Å². The molecule has 1 saturated heterocycles. The summed E-state index contributed by atoms with van der Waals surface area (Å²) in [5, 5.41) is 2.72. The van der Waals surface area contributed by atoms with Gasteiger partial charge in [0.1, 0.15) is 17.9 Å². The monoisotopic (exact) mass is 292 g/mol. The molecule has 2 rings (SSSR count). The molecule has 4 nitrogen and oxygen atoms in total. The molecular weight excluding hydrogens is 271 g/mol. The Morgan fingerprint density at radius 2 is 1.71 bits per heavy atom. The predicted octanol–water partition coefficient (Wildman–Crippen LogP) is 2.26. The van der Waals surface area contributed by atoms with Crippen molar-refractivity contribution >= 4 is 11.8 Å². The molecule has 0 saturated carbocycles. The zero-order chi connectivity index (χ0) is 15.7. The fraction of sp³-hybridized carbons (Fsp3) is 0.500. The summed E-state index contributed by atoms with van der Waals surface area (Å²) in [6, 6.07) is 4.73. The molecule has 0 bridgehead atoms. The zero-order valence-corrected chi connectivity index (χ0v) is 12.8. The van der Waals surface area contributed by atoms with E-state index in [0.717, 1.165) is 5.56 Å². The lowest BCUT2D eigenvalue weighted by Gasteiger charge is -2.43. The second-order valence-electron chi connectivity index (χ2n) is 5.89. The fourth-order valence-corrected chi connectivity index (χ4v) is 2.81. The summed E-state index contributed by atoms with van der Waals surface area (Å²) in [5.74, 6) is -0.553. The van der Waals surface area contributed by atoms with E-state index in [1.807, 2.05) is 20.8 Å². The van der Waals surface area contributed by atoms with Gasteiger partial charge in [-0.3, -0.25) is 9.59 Å². The van der Waals surface area contributed by atoms with Gasteiger partial charge < -0.3 is 10.2 Å². The molecule has 2 amide bonds. The highest BCUT2D eigenvalue weighted by molar-refractivity contribution is 5.97. The molecule has 1 aromatic rings. The van der Waals surface area contributed by atoms with Crippen molar-refractivity contribution in [2.24, 2.45) is 5.92 Å². The summed E-state index contributed by atoms with van der Waals surface area (Å²) in [7, 11) is 0. The van der Waals surface area contributed by atoms with Crippen LogP contribution in [0.2, 0.25) is 0 Å². The van der Waals surface area contributed by atoms with E-state index in [-0.39, 0.29) is 29.6 Å². The number of piperazine rings is 1. The first-order chi connectivity index (χ1) is 9.82. The Hall–Kier alpha value is -1.91. The van der Waals surface area contributed by atoms with Crippen LogP contribution in [0.1, 0.15) is 39.3 Å². The molecule has 1 aliphatic heterocycles. The molecule has 21 heavy (non-hydrogen) atoms. The van der Waals surface area contributed by atoms with E-state index in [1.165, 1.54) is 12.1 Å². The summed E-state index contributed by atoms with van der Waals surface area (Å²) >= 11 is 0. The van der Waals surface area contributed by atoms with Crippen LogP contribution in [-0.4, -0.2) is 28.8 Å². The van der Waals surface area contributed by atoms with E-state index in [9.17, 15) is 14.0 Å². The minimum absolute atomic E-state index is 0.00403. The van der Waals surface area contributed by atoms with Crippen molar-refractivity contribution < 1.29 is 14.0 Å². The highest BCUT2D eigenvalue weighted by Gasteiger charge is 2.42. The first kappa shape index (κ1) is 15.5. The molecule has 5 heteroatoms. The number of benzene rings is 1. The van der Waals surface area contributed by atoms with E-state index in [0.29, 0.717) is 0 Å². The Kier molecular flexibility index (Phi) is 4.30. The maximum Gasteiger partial charge on any atom is 0.246 e. The van der Waals surface area contributed by atoms with Gasteiger partial charge in [-0.2, -0.15) is 0 Å². The lowest BCUT2D eigenvalue weighted by Crippen LogP contribution is -2.64. The zero-order valence-electron chi connectivity index (χ0n) is 12.8. The number of amides is 2. The summed E-state index contributed by atoms with van der Waals surface area (Å²) < 4.78 is 13.1. The second kappa shape index (κ2) is 5.84. The Bertz CT molecular complexity index is 542. The molecule has 0 spiro atoms. The molecule has 1 N–H and O–H groups in total. The van der Waals surface area contributed by atoms with Crippen molar-refractivity contribution in [1.29, 1.82) is 0 Å². The quantitative estimate of drug-likeness (QED) is 0.929. The third-order valence-electron chi connectivity index (χ3n) is 3.95. The number of nitrogens with zero attached hydrogens (tertiary/aromatic N) is 1. The molecule has 0 aliphatic carbocycles. The Morgan fingerprint density at radius 3 is 2.24 bits per heavy atom. The van der Waals surface area contributed by atoms with Gasteiger partial charge in [0.25, 0.3) is 0 Å². The van der Waals surface area contributed by atoms with Crippen LogP contribution in [0.5, 0.6) is 0 Å². The van der Waals surface area contributed by atoms with Gasteiger partial charge >= 0.3 is 0 Å². The summed E-state index contributed by atoms with van der Waals surface area (Å²) in [6.07, 6.45) is 0. The van der Waals surface area contributed by atoms with E-state index in [2.05, 4.69) is 5.32 Å². The normalized spacial score (nSPS) is 24.2. The molecule has 1 aliphatic rings. The lowest BCUT2D eigenvalue weighted by atomic mass is 9.93. The standard InChI is InChI=1S/C16H21FN2O2/c1-9(2)14-15(20)18-10(3)16(21)19(14)11(4)12-5-7-13(17)8-6-12/h5-11,14H,1-4H3,(H,18,20). The van der Waals surface area contributed by atoms with Crippen LogP contribution in [0.25, 0.3) is 0 Å². The highest BCUT2D eigenvalue weighted by Crippen LogP contribution is 2.29. The fourth-order valence-electron chi connectivity index (χ4n) is 2.81. The minimum atomic E-state index is -0.532. The Morgan fingerprint density at radius 1 is 1.14 bits per heavy atom. The number of halogens is 1. The molecule has 3 atom stereocenters. The maximum atomic E-state index is 13.1. The lowest BCUT2D eigenvalue weighted by molar-refractivity contribution is -0.153. The topological polar surface area (TPSA) is 49.4 Å². The third-order valence-corrected chi connectivity index (χ3v) is 3.95. The van der Waals surface area contributed by atoms with Crippen molar-refractivity contribution in [2.75, 3.05) is 0 Å². The van der Waals surface area contributed by atoms with Crippen LogP contribution < -0.4 is 5.32 Å². The van der Waals surface area contributed by atoms with Crippen molar-refractivity contribution in [1.82, 2.24) is 10.2 Å². The smallest absolute Gasteiger partial charge is 0.246 e. The van der Waals surface area contributed by atoms with Gasteiger partial charge in [-0.15, -0.1) is 0 Å². The van der Waals surface area contributed by atoms with E-state index >= 15 is 0 Å². The molecule has 1 heterocycles. The Labute approximate surface area is 124 Å². The van der Waals surface area contributed by atoms with E-state index in [4.69, 9.17) is 0 Å². The van der Waals surface area contributed by atoms with Crippen molar-refractivity contribution in [3.8, 4) is 0 Å². The molecule has 0 radical (unpaired) electrons. The van der Waals surface area contributed by atoms with Crippen LogP contribution >= 0.6 is 0 Å². The van der Waals surface area contributed by atoms with Gasteiger partial charge in [0.2, 0.25) is 11.8 Å². The van der Waals surface area contributed by atoms with Crippen LogP contribution in [0.3, 0.4) is 0 Å². The highest BCUT2D eigenvalue weighted by atomic mass is 19.1. The van der Waals surface area contributed by atoms with Crippen LogP contribution in [0, 0.1) is 11.7 Å². The first-order valence-corrected chi connectivity index (χ1v) is 7.21. The number of rotatable bonds is 3. The van der Waals surface area contributed by atoms with E-state index < -0.39 is 12.1 Å². The molecule has 3 unspecified atom stereocenters. The molecule has 1 fully saturated rings. The average Bonchev–Trinajstić information content (AvgIpc) is 2.42. The predicted molar refractivity (Wildman–Crippen MR) is 77.9 cm³/mol. The number of carbonyl (C=O) groups excluding carboxylic acids is 2. The maximum absolute atomic E-state index is 13.1. The molecule has 114 valence electrons. The third kappa shape index (κ3) is 2.91.